The molecule has 0 N–H and O–H groups in total. The van der Waals surface area contributed by atoms with Gasteiger partial charge in [0.15, 0.2) is 5.82 Å². The molecule has 5 nitrogen and oxygen atoms in total. The van der Waals surface area contributed by atoms with Crippen LogP contribution in [0.5, 0.6) is 0 Å². The number of anilines is 1. The number of likely N-dealkylation sites (tertiary alicyclic amines) is 1. The third kappa shape index (κ3) is 4.07. The summed E-state index contributed by atoms with van der Waals surface area (Å²) in [6, 6.07) is 26.4. The van der Waals surface area contributed by atoms with E-state index in [2.05, 4.69) is 110 Å². The summed E-state index contributed by atoms with van der Waals surface area (Å²) >= 11 is 0. The smallest absolute Gasteiger partial charge is 0.157 e. The molecule has 3 heterocycles. The van der Waals surface area contributed by atoms with Crippen molar-refractivity contribution in [2.45, 2.75) is 32.7 Å². The number of piperidine rings is 1. The van der Waals surface area contributed by atoms with Crippen molar-refractivity contribution >= 4 is 23.4 Å². The molecular formula is C33H33N5. The summed E-state index contributed by atoms with van der Waals surface area (Å²) in [6.07, 6.45) is 7.96. The van der Waals surface area contributed by atoms with Crippen molar-refractivity contribution in [1.29, 1.82) is 0 Å². The van der Waals surface area contributed by atoms with Gasteiger partial charge in [-0.05, 0) is 72.7 Å². The fourth-order valence-electron chi connectivity index (χ4n) is 6.43. The van der Waals surface area contributed by atoms with E-state index in [-0.39, 0.29) is 0 Å². The maximum Gasteiger partial charge on any atom is 0.157 e. The Kier molecular flexibility index (Phi) is 5.94. The maximum atomic E-state index is 4.45. The fraction of sp³-hybridized carbons (Fsp3) is 0.273. The summed E-state index contributed by atoms with van der Waals surface area (Å²) in [5.41, 5.74) is 10.9. The van der Waals surface area contributed by atoms with Gasteiger partial charge in [-0.25, -0.2) is 0 Å². The molecular weight excluding hydrogens is 466 g/mol. The molecule has 0 bridgehead atoms. The van der Waals surface area contributed by atoms with E-state index in [0.717, 1.165) is 63.6 Å². The Morgan fingerprint density at radius 1 is 0.711 bits per heavy atom. The first-order valence-electron chi connectivity index (χ1n) is 13.8. The number of aromatic nitrogens is 3. The molecule has 5 heteroatoms. The van der Waals surface area contributed by atoms with Gasteiger partial charge in [0.25, 0.3) is 0 Å². The minimum Gasteiger partial charge on any atom is -0.362 e. The van der Waals surface area contributed by atoms with E-state index in [1.165, 1.54) is 39.2 Å². The molecule has 0 amide bonds. The van der Waals surface area contributed by atoms with Gasteiger partial charge in [0, 0.05) is 19.6 Å². The van der Waals surface area contributed by atoms with E-state index in [9.17, 15) is 0 Å². The van der Waals surface area contributed by atoms with Gasteiger partial charge in [0.1, 0.15) is 5.82 Å². The number of fused-ring (bicyclic) bond motifs is 5. The topological polar surface area (TPSA) is 37.2 Å². The van der Waals surface area contributed by atoms with Crippen molar-refractivity contribution in [3.63, 3.8) is 0 Å². The number of nitrogens with zero attached hydrogens (tertiary/aromatic N) is 5. The average molecular weight is 500 g/mol. The summed E-state index contributed by atoms with van der Waals surface area (Å²) in [5.74, 6) is 1.99. The van der Waals surface area contributed by atoms with Crippen LogP contribution in [0.15, 0.2) is 78.4 Å². The standard InChI is InChI=1S/C33H33N5/c1-24-34-35-32-23-37(30-13-6-7-14-31(30)38(24)32)20-8-19-36-21-17-27(18-22-36)33-28-11-4-2-9-25(28)15-16-26-10-3-5-12-29(26)33/h2-7,9-16H,8,17-23H2,1H3. The van der Waals surface area contributed by atoms with Crippen molar-refractivity contribution in [3.05, 3.63) is 112 Å². The molecule has 1 aliphatic carbocycles. The van der Waals surface area contributed by atoms with Crippen LogP contribution < -0.4 is 4.90 Å². The normalized spacial score (nSPS) is 16.5. The van der Waals surface area contributed by atoms with Gasteiger partial charge in [-0.3, -0.25) is 4.57 Å². The predicted molar refractivity (Wildman–Crippen MR) is 155 cm³/mol. The molecule has 0 atom stereocenters. The summed E-state index contributed by atoms with van der Waals surface area (Å²) in [5, 5.41) is 8.78. The Morgan fingerprint density at radius 3 is 2.05 bits per heavy atom. The first-order valence-corrected chi connectivity index (χ1v) is 13.8. The number of aryl methyl sites for hydroxylation is 1. The van der Waals surface area contributed by atoms with Crippen molar-refractivity contribution in [2.24, 2.45) is 0 Å². The van der Waals surface area contributed by atoms with Crippen LogP contribution in [-0.4, -0.2) is 45.8 Å². The SMILES string of the molecule is Cc1nnc2n1-c1ccccc1N(CCCN1CCC(=C3c4ccccc4C=Cc4ccccc43)CC1)C2. The highest BCUT2D eigenvalue weighted by atomic mass is 15.3. The first-order chi connectivity index (χ1) is 18.8. The lowest BCUT2D eigenvalue weighted by atomic mass is 9.86. The van der Waals surface area contributed by atoms with Crippen LogP contribution in [0.3, 0.4) is 0 Å². The summed E-state index contributed by atoms with van der Waals surface area (Å²) < 4.78 is 2.20. The summed E-state index contributed by atoms with van der Waals surface area (Å²) in [6.45, 7) is 7.26. The van der Waals surface area contributed by atoms with Crippen molar-refractivity contribution < 1.29 is 0 Å². The molecule has 1 fully saturated rings. The van der Waals surface area contributed by atoms with Crippen molar-refractivity contribution in [1.82, 2.24) is 19.7 Å². The van der Waals surface area contributed by atoms with E-state index in [1.54, 1.807) is 5.57 Å². The van der Waals surface area contributed by atoms with E-state index in [4.69, 9.17) is 0 Å². The molecule has 0 spiro atoms. The van der Waals surface area contributed by atoms with Gasteiger partial charge in [0.2, 0.25) is 0 Å². The zero-order valence-electron chi connectivity index (χ0n) is 22.0. The van der Waals surface area contributed by atoms with Crippen LogP contribution in [0.2, 0.25) is 0 Å². The number of para-hydroxylation sites is 2. The van der Waals surface area contributed by atoms with E-state index >= 15 is 0 Å². The van der Waals surface area contributed by atoms with Gasteiger partial charge in [-0.1, -0.05) is 78.4 Å². The Labute approximate surface area is 224 Å². The third-order valence-electron chi connectivity index (χ3n) is 8.31. The number of rotatable bonds is 4. The van der Waals surface area contributed by atoms with Gasteiger partial charge in [-0.15, -0.1) is 10.2 Å². The number of hydrogen-bond acceptors (Lipinski definition) is 4. The lowest BCUT2D eigenvalue weighted by Crippen LogP contribution is -2.35. The fourth-order valence-corrected chi connectivity index (χ4v) is 6.43. The molecule has 3 aromatic carbocycles. The van der Waals surface area contributed by atoms with E-state index < -0.39 is 0 Å². The second-order valence-electron chi connectivity index (χ2n) is 10.6. The molecule has 38 heavy (non-hydrogen) atoms. The second-order valence-corrected chi connectivity index (χ2v) is 10.6. The van der Waals surface area contributed by atoms with Gasteiger partial charge in [-0.2, -0.15) is 0 Å². The largest absolute Gasteiger partial charge is 0.362 e. The highest BCUT2D eigenvalue weighted by Crippen LogP contribution is 2.39. The molecule has 2 aliphatic heterocycles. The second kappa shape index (κ2) is 9.73. The van der Waals surface area contributed by atoms with Crippen LogP contribution >= 0.6 is 0 Å². The molecule has 190 valence electrons. The predicted octanol–water partition coefficient (Wildman–Crippen LogP) is 6.37. The quantitative estimate of drug-likeness (QED) is 0.288. The van der Waals surface area contributed by atoms with Gasteiger partial charge in [0.05, 0.1) is 17.9 Å². The van der Waals surface area contributed by atoms with Crippen LogP contribution in [0.4, 0.5) is 5.69 Å². The molecule has 3 aliphatic rings. The van der Waals surface area contributed by atoms with Gasteiger partial charge < -0.3 is 9.80 Å². The maximum absolute atomic E-state index is 4.45. The minimum atomic E-state index is 0.820. The third-order valence-corrected chi connectivity index (χ3v) is 8.31. The lowest BCUT2D eigenvalue weighted by molar-refractivity contribution is 0.254. The molecule has 0 saturated carbocycles. The number of hydrogen-bond donors (Lipinski definition) is 0. The Bertz CT molecular complexity index is 1500. The zero-order chi connectivity index (χ0) is 25.5. The van der Waals surface area contributed by atoms with Crippen LogP contribution in [-0.2, 0) is 6.54 Å². The molecule has 0 radical (unpaired) electrons. The Hall–Kier alpha value is -3.96. The first kappa shape index (κ1) is 23.2. The monoisotopic (exact) mass is 499 g/mol. The van der Waals surface area contributed by atoms with Gasteiger partial charge >= 0.3 is 0 Å². The molecule has 4 aromatic rings. The lowest BCUT2D eigenvalue weighted by Gasteiger charge is -2.34. The van der Waals surface area contributed by atoms with Crippen molar-refractivity contribution in [3.8, 4) is 5.69 Å². The highest BCUT2D eigenvalue weighted by molar-refractivity contribution is 5.94. The molecule has 7 rings (SSSR count). The summed E-state index contributed by atoms with van der Waals surface area (Å²) in [7, 11) is 0. The van der Waals surface area contributed by atoms with Crippen LogP contribution in [0.1, 0.15) is 53.2 Å². The van der Waals surface area contributed by atoms with Crippen LogP contribution in [0.25, 0.3) is 23.4 Å². The highest BCUT2D eigenvalue weighted by Gasteiger charge is 2.25. The molecule has 1 aromatic heterocycles. The molecule has 1 saturated heterocycles. The van der Waals surface area contributed by atoms with Crippen LogP contribution in [0, 0.1) is 6.92 Å². The Morgan fingerprint density at radius 2 is 1.34 bits per heavy atom. The minimum absolute atomic E-state index is 0.820. The zero-order valence-corrected chi connectivity index (χ0v) is 22.0. The van der Waals surface area contributed by atoms with Crippen molar-refractivity contribution in [2.75, 3.05) is 31.1 Å². The van der Waals surface area contributed by atoms with E-state index in [0.29, 0.717) is 0 Å². The summed E-state index contributed by atoms with van der Waals surface area (Å²) in [4.78, 5) is 5.13. The average Bonchev–Trinajstić information content (AvgIpc) is 3.25. The Balaban J connectivity index is 1.05. The van der Waals surface area contributed by atoms with E-state index in [1.807, 2.05) is 6.92 Å². The number of benzene rings is 3. The molecule has 0 unspecified atom stereocenters.